The molecular weight excluding hydrogens is 403 g/mol. The first kappa shape index (κ1) is 23.6. The van der Waals surface area contributed by atoms with E-state index in [1.54, 1.807) is 11.0 Å². The van der Waals surface area contributed by atoms with E-state index in [0.29, 0.717) is 25.2 Å². The highest BCUT2D eigenvalue weighted by atomic mass is 35.5. The van der Waals surface area contributed by atoms with E-state index in [0.717, 1.165) is 18.4 Å². The van der Waals surface area contributed by atoms with Gasteiger partial charge < -0.3 is 15.5 Å². The fourth-order valence-corrected chi connectivity index (χ4v) is 2.92. The van der Waals surface area contributed by atoms with Gasteiger partial charge in [-0.25, -0.2) is 4.98 Å². The first-order chi connectivity index (χ1) is 12.7. The molecule has 1 aromatic carbocycles. The Morgan fingerprint density at radius 1 is 1.21 bits per heavy atom. The molecule has 1 saturated heterocycles. The number of nitrogens with zero attached hydrogens (tertiary/aromatic N) is 4. The molecule has 1 aromatic heterocycles. The molecule has 2 aromatic rings. The third-order valence-electron chi connectivity index (χ3n) is 4.27. The lowest BCUT2D eigenvalue weighted by molar-refractivity contribution is -0.130. The standard InChI is InChI=1S/C18H20N6O2.2ClH/c19-10-13-4-3-9-24(13)17(25)12-20-7-8-21-18(26)16-11-22-14-5-1-2-6-15(14)23-16;;/h1-2,5-6,11,13,20H,3-4,7-9,12H2,(H,21,26);2*1H. The quantitative estimate of drug-likeness (QED) is 0.676. The number of benzene rings is 1. The van der Waals surface area contributed by atoms with Crippen LogP contribution in [-0.2, 0) is 4.79 Å². The number of carbonyl (C=O) groups excluding carboxylic acids is 2. The van der Waals surface area contributed by atoms with Crippen molar-refractivity contribution in [1.29, 1.82) is 5.26 Å². The zero-order chi connectivity index (χ0) is 18.4. The fourth-order valence-electron chi connectivity index (χ4n) is 2.92. The zero-order valence-electron chi connectivity index (χ0n) is 15.1. The van der Waals surface area contributed by atoms with Gasteiger partial charge in [-0.2, -0.15) is 5.26 Å². The summed E-state index contributed by atoms with van der Waals surface area (Å²) >= 11 is 0. The molecule has 1 unspecified atom stereocenters. The van der Waals surface area contributed by atoms with Crippen LogP contribution < -0.4 is 10.6 Å². The van der Waals surface area contributed by atoms with Crippen molar-refractivity contribution >= 4 is 47.7 Å². The summed E-state index contributed by atoms with van der Waals surface area (Å²) in [7, 11) is 0. The summed E-state index contributed by atoms with van der Waals surface area (Å²) in [6.45, 7) is 1.60. The molecule has 150 valence electrons. The Morgan fingerprint density at radius 2 is 1.96 bits per heavy atom. The second-order valence-electron chi connectivity index (χ2n) is 6.05. The third-order valence-corrected chi connectivity index (χ3v) is 4.27. The molecule has 0 aliphatic carbocycles. The topological polar surface area (TPSA) is 111 Å². The molecule has 0 saturated carbocycles. The Balaban J connectivity index is 0.00000196. The minimum absolute atomic E-state index is 0. The highest BCUT2D eigenvalue weighted by molar-refractivity contribution is 5.93. The summed E-state index contributed by atoms with van der Waals surface area (Å²) in [6, 6.07) is 9.19. The van der Waals surface area contributed by atoms with Gasteiger partial charge in [0.05, 0.1) is 29.8 Å². The van der Waals surface area contributed by atoms with Gasteiger partial charge in [0, 0.05) is 19.6 Å². The van der Waals surface area contributed by atoms with E-state index < -0.39 is 0 Å². The van der Waals surface area contributed by atoms with E-state index in [9.17, 15) is 9.59 Å². The van der Waals surface area contributed by atoms with E-state index in [-0.39, 0.29) is 54.9 Å². The van der Waals surface area contributed by atoms with Crippen LogP contribution in [0.4, 0.5) is 0 Å². The van der Waals surface area contributed by atoms with Crippen LogP contribution >= 0.6 is 24.8 Å². The molecule has 10 heteroatoms. The molecule has 1 aliphatic heterocycles. The van der Waals surface area contributed by atoms with Crippen molar-refractivity contribution in [3.8, 4) is 6.07 Å². The summed E-state index contributed by atoms with van der Waals surface area (Å²) in [5, 5.41) is 14.7. The smallest absolute Gasteiger partial charge is 0.271 e. The van der Waals surface area contributed by atoms with Crippen molar-refractivity contribution in [3.63, 3.8) is 0 Å². The minimum Gasteiger partial charge on any atom is -0.349 e. The van der Waals surface area contributed by atoms with Gasteiger partial charge in [-0.05, 0) is 25.0 Å². The maximum Gasteiger partial charge on any atom is 0.271 e. The summed E-state index contributed by atoms with van der Waals surface area (Å²) in [5.74, 6) is -0.388. The van der Waals surface area contributed by atoms with Crippen LogP contribution in [0.5, 0.6) is 0 Å². The molecule has 3 rings (SSSR count). The van der Waals surface area contributed by atoms with Gasteiger partial charge in [-0.1, -0.05) is 12.1 Å². The van der Waals surface area contributed by atoms with E-state index >= 15 is 0 Å². The molecule has 1 fully saturated rings. The average molecular weight is 425 g/mol. The largest absolute Gasteiger partial charge is 0.349 e. The van der Waals surface area contributed by atoms with Gasteiger partial charge in [0.25, 0.3) is 5.91 Å². The Morgan fingerprint density at radius 3 is 2.71 bits per heavy atom. The summed E-state index contributed by atoms with van der Waals surface area (Å²) < 4.78 is 0. The molecule has 2 amide bonds. The second kappa shape index (κ2) is 11.4. The van der Waals surface area contributed by atoms with Crippen molar-refractivity contribution in [1.82, 2.24) is 25.5 Å². The van der Waals surface area contributed by atoms with Crippen LogP contribution in [0, 0.1) is 11.3 Å². The highest BCUT2D eigenvalue weighted by Crippen LogP contribution is 2.15. The molecule has 1 atom stereocenters. The van der Waals surface area contributed by atoms with Gasteiger partial charge in [0.15, 0.2) is 0 Å². The maximum atomic E-state index is 12.1. The average Bonchev–Trinajstić information content (AvgIpc) is 3.16. The van der Waals surface area contributed by atoms with Crippen LogP contribution in [0.1, 0.15) is 23.3 Å². The van der Waals surface area contributed by atoms with Gasteiger partial charge in [0.2, 0.25) is 5.91 Å². The first-order valence-corrected chi connectivity index (χ1v) is 8.59. The third kappa shape index (κ3) is 5.76. The molecule has 0 bridgehead atoms. The molecule has 1 aliphatic rings. The summed E-state index contributed by atoms with van der Waals surface area (Å²) in [6.07, 6.45) is 3.06. The number of likely N-dealkylation sites (tertiary alicyclic amines) is 1. The lowest BCUT2D eigenvalue weighted by Gasteiger charge is -2.19. The van der Waals surface area contributed by atoms with Crippen LogP contribution in [0.15, 0.2) is 30.5 Å². The van der Waals surface area contributed by atoms with Gasteiger partial charge >= 0.3 is 0 Å². The SMILES string of the molecule is Cl.Cl.N#CC1CCCN1C(=O)CNCCNC(=O)c1cnc2ccccc2n1. The number of carbonyl (C=O) groups is 2. The van der Waals surface area contributed by atoms with Crippen molar-refractivity contribution < 1.29 is 9.59 Å². The maximum absolute atomic E-state index is 12.1. The second-order valence-corrected chi connectivity index (χ2v) is 6.05. The van der Waals surface area contributed by atoms with Crippen molar-refractivity contribution in [2.24, 2.45) is 0 Å². The Kier molecular flexibility index (Phi) is 9.59. The predicted octanol–water partition coefficient (Wildman–Crippen LogP) is 1.31. The Bertz CT molecular complexity index is 857. The molecule has 2 heterocycles. The normalized spacial score (nSPS) is 15.2. The van der Waals surface area contributed by atoms with E-state index in [1.165, 1.54) is 6.20 Å². The molecule has 0 spiro atoms. The number of rotatable bonds is 6. The van der Waals surface area contributed by atoms with Crippen molar-refractivity contribution in [3.05, 3.63) is 36.2 Å². The number of halogens is 2. The predicted molar refractivity (Wildman–Crippen MR) is 110 cm³/mol. The Hall–Kier alpha value is -2.47. The first-order valence-electron chi connectivity index (χ1n) is 8.59. The van der Waals surface area contributed by atoms with Crippen LogP contribution in [-0.4, -0.2) is 58.9 Å². The van der Waals surface area contributed by atoms with Gasteiger partial charge in [-0.3, -0.25) is 14.6 Å². The van der Waals surface area contributed by atoms with Crippen molar-refractivity contribution in [2.45, 2.75) is 18.9 Å². The number of nitriles is 1. The summed E-state index contributed by atoms with van der Waals surface area (Å²) in [4.78, 5) is 34.3. The number of aromatic nitrogens is 2. The number of nitrogens with one attached hydrogen (secondary N) is 2. The highest BCUT2D eigenvalue weighted by Gasteiger charge is 2.27. The number of fused-ring (bicyclic) bond motifs is 1. The van der Waals surface area contributed by atoms with Gasteiger partial charge in [-0.15, -0.1) is 24.8 Å². The molecule has 2 N–H and O–H groups in total. The lowest BCUT2D eigenvalue weighted by atomic mass is 10.2. The Labute approximate surface area is 175 Å². The summed E-state index contributed by atoms with van der Waals surface area (Å²) in [5.41, 5.74) is 1.66. The monoisotopic (exact) mass is 424 g/mol. The van der Waals surface area contributed by atoms with Crippen LogP contribution in [0.2, 0.25) is 0 Å². The van der Waals surface area contributed by atoms with E-state index in [2.05, 4.69) is 26.7 Å². The number of amides is 2. The fraction of sp³-hybridized carbons (Fsp3) is 0.389. The zero-order valence-corrected chi connectivity index (χ0v) is 16.8. The number of para-hydroxylation sites is 2. The van der Waals surface area contributed by atoms with Crippen LogP contribution in [0.25, 0.3) is 11.0 Å². The van der Waals surface area contributed by atoms with Crippen LogP contribution in [0.3, 0.4) is 0 Å². The van der Waals surface area contributed by atoms with E-state index in [4.69, 9.17) is 5.26 Å². The number of hydrogen-bond acceptors (Lipinski definition) is 6. The van der Waals surface area contributed by atoms with E-state index in [1.807, 2.05) is 18.2 Å². The minimum atomic E-state index is -0.310. The van der Waals surface area contributed by atoms with Crippen molar-refractivity contribution in [2.75, 3.05) is 26.2 Å². The number of hydrogen-bond donors (Lipinski definition) is 2. The molecule has 28 heavy (non-hydrogen) atoms. The van der Waals surface area contributed by atoms with Gasteiger partial charge in [0.1, 0.15) is 11.7 Å². The lowest BCUT2D eigenvalue weighted by Crippen LogP contribution is -2.42. The molecule has 0 radical (unpaired) electrons. The molecular formula is C18H22Cl2N6O2. The molecule has 8 nitrogen and oxygen atoms in total.